The number of ether oxygens (including phenoxy) is 1. The minimum absolute atomic E-state index is 0.0825. The number of nitrogens with zero attached hydrogens (tertiary/aromatic N) is 1. The van der Waals surface area contributed by atoms with E-state index in [4.69, 9.17) is 10.5 Å². The summed E-state index contributed by atoms with van der Waals surface area (Å²) in [6.45, 7) is 3.13. The Morgan fingerprint density at radius 1 is 1.53 bits per heavy atom. The molecule has 0 aliphatic carbocycles. The number of hydrogen-bond acceptors (Lipinski definition) is 5. The van der Waals surface area contributed by atoms with Crippen LogP contribution in [0.25, 0.3) is 0 Å². The number of aryl methyl sites for hydroxylation is 1. The standard InChI is InChI=1S/C11H18N4O2/c1-8-5-9(12)6-15-11(8)14-4-3-13-10(16)7-17-2/h5-6H,3-4,7,12H2,1-2H3,(H,13,16)(H,14,15). The van der Waals surface area contributed by atoms with Gasteiger partial charge in [0.25, 0.3) is 0 Å². The number of nitrogens with one attached hydrogen (secondary N) is 2. The molecule has 0 spiro atoms. The van der Waals surface area contributed by atoms with Crippen molar-refractivity contribution in [2.24, 2.45) is 0 Å². The number of methoxy groups -OCH3 is 1. The number of aromatic nitrogens is 1. The fourth-order valence-corrected chi connectivity index (χ4v) is 1.35. The van der Waals surface area contributed by atoms with Crippen LogP contribution in [-0.4, -0.2) is 37.7 Å². The van der Waals surface area contributed by atoms with Gasteiger partial charge in [-0.05, 0) is 18.6 Å². The Labute approximate surface area is 101 Å². The SMILES string of the molecule is COCC(=O)NCCNc1ncc(N)cc1C. The van der Waals surface area contributed by atoms with Gasteiger partial charge in [0, 0.05) is 20.2 Å². The molecule has 1 amide bonds. The van der Waals surface area contributed by atoms with Crippen molar-refractivity contribution in [2.45, 2.75) is 6.92 Å². The van der Waals surface area contributed by atoms with Crippen LogP contribution in [0.1, 0.15) is 5.56 Å². The van der Waals surface area contributed by atoms with E-state index in [0.29, 0.717) is 18.8 Å². The van der Waals surface area contributed by atoms with Crippen molar-refractivity contribution in [2.75, 3.05) is 37.9 Å². The van der Waals surface area contributed by atoms with Gasteiger partial charge in [-0.2, -0.15) is 0 Å². The second-order valence-electron chi connectivity index (χ2n) is 3.64. The molecule has 1 aromatic rings. The molecule has 6 nitrogen and oxygen atoms in total. The first-order valence-electron chi connectivity index (χ1n) is 5.35. The monoisotopic (exact) mass is 238 g/mol. The number of rotatable bonds is 6. The van der Waals surface area contributed by atoms with E-state index in [-0.39, 0.29) is 12.5 Å². The predicted molar refractivity (Wildman–Crippen MR) is 66.8 cm³/mol. The van der Waals surface area contributed by atoms with E-state index in [1.54, 1.807) is 6.20 Å². The second kappa shape index (κ2) is 6.70. The number of pyridine rings is 1. The highest BCUT2D eigenvalue weighted by Gasteiger charge is 2.01. The molecule has 94 valence electrons. The fourth-order valence-electron chi connectivity index (χ4n) is 1.35. The summed E-state index contributed by atoms with van der Waals surface area (Å²) < 4.78 is 4.69. The van der Waals surface area contributed by atoms with Gasteiger partial charge in [0.05, 0.1) is 11.9 Å². The number of carbonyl (C=O) groups excluding carboxylic acids is 1. The van der Waals surface area contributed by atoms with E-state index in [1.165, 1.54) is 7.11 Å². The van der Waals surface area contributed by atoms with Gasteiger partial charge in [0.15, 0.2) is 0 Å². The van der Waals surface area contributed by atoms with Crippen LogP contribution in [0.5, 0.6) is 0 Å². The Kier molecular flexibility index (Phi) is 5.22. The Bertz CT molecular complexity index is 382. The third-order valence-corrected chi connectivity index (χ3v) is 2.11. The molecule has 0 radical (unpaired) electrons. The minimum atomic E-state index is -0.128. The molecule has 0 bridgehead atoms. The lowest BCUT2D eigenvalue weighted by Crippen LogP contribution is -2.31. The molecule has 1 rings (SSSR count). The third kappa shape index (κ3) is 4.69. The zero-order chi connectivity index (χ0) is 12.7. The van der Waals surface area contributed by atoms with E-state index < -0.39 is 0 Å². The van der Waals surface area contributed by atoms with Crippen molar-refractivity contribution in [1.29, 1.82) is 0 Å². The van der Waals surface area contributed by atoms with E-state index >= 15 is 0 Å². The molecule has 0 atom stereocenters. The molecular weight excluding hydrogens is 220 g/mol. The van der Waals surface area contributed by atoms with Crippen molar-refractivity contribution >= 4 is 17.4 Å². The summed E-state index contributed by atoms with van der Waals surface area (Å²) in [5.74, 6) is 0.650. The van der Waals surface area contributed by atoms with E-state index in [2.05, 4.69) is 15.6 Å². The topological polar surface area (TPSA) is 89.3 Å². The number of amides is 1. The zero-order valence-electron chi connectivity index (χ0n) is 10.1. The van der Waals surface area contributed by atoms with Crippen LogP contribution in [0.3, 0.4) is 0 Å². The van der Waals surface area contributed by atoms with Gasteiger partial charge in [0.2, 0.25) is 5.91 Å². The highest BCUT2D eigenvalue weighted by molar-refractivity contribution is 5.77. The number of hydrogen-bond donors (Lipinski definition) is 3. The van der Waals surface area contributed by atoms with Gasteiger partial charge in [0.1, 0.15) is 12.4 Å². The lowest BCUT2D eigenvalue weighted by molar-refractivity contribution is -0.124. The Morgan fingerprint density at radius 2 is 2.29 bits per heavy atom. The normalized spacial score (nSPS) is 10.0. The minimum Gasteiger partial charge on any atom is -0.397 e. The summed E-state index contributed by atoms with van der Waals surface area (Å²) in [4.78, 5) is 15.2. The molecule has 0 aliphatic rings. The van der Waals surface area contributed by atoms with Gasteiger partial charge in [-0.1, -0.05) is 0 Å². The molecule has 0 aliphatic heterocycles. The van der Waals surface area contributed by atoms with E-state index in [0.717, 1.165) is 11.4 Å². The zero-order valence-corrected chi connectivity index (χ0v) is 10.1. The highest BCUT2D eigenvalue weighted by Crippen LogP contribution is 2.12. The van der Waals surface area contributed by atoms with Gasteiger partial charge in [-0.25, -0.2) is 4.98 Å². The van der Waals surface area contributed by atoms with Crippen LogP contribution >= 0.6 is 0 Å². The quantitative estimate of drug-likeness (QED) is 0.614. The molecule has 0 fully saturated rings. The first kappa shape index (κ1) is 13.2. The smallest absolute Gasteiger partial charge is 0.246 e. The predicted octanol–water partition coefficient (Wildman–Crippen LogP) is 0.147. The first-order valence-corrected chi connectivity index (χ1v) is 5.35. The Morgan fingerprint density at radius 3 is 2.94 bits per heavy atom. The molecule has 0 aromatic carbocycles. The maximum atomic E-state index is 11.1. The van der Waals surface area contributed by atoms with E-state index in [9.17, 15) is 4.79 Å². The van der Waals surface area contributed by atoms with Crippen LogP contribution in [0.4, 0.5) is 11.5 Å². The van der Waals surface area contributed by atoms with Crippen LogP contribution in [0.15, 0.2) is 12.3 Å². The number of anilines is 2. The fraction of sp³-hybridized carbons (Fsp3) is 0.455. The summed E-state index contributed by atoms with van der Waals surface area (Å²) in [5, 5.41) is 5.82. The molecule has 6 heteroatoms. The van der Waals surface area contributed by atoms with E-state index in [1.807, 2.05) is 13.0 Å². The molecule has 1 heterocycles. The molecule has 0 saturated heterocycles. The van der Waals surface area contributed by atoms with Crippen LogP contribution in [-0.2, 0) is 9.53 Å². The summed E-state index contributed by atoms with van der Waals surface area (Å²) in [5.41, 5.74) is 7.21. The summed E-state index contributed by atoms with van der Waals surface area (Å²) in [6.07, 6.45) is 1.60. The largest absolute Gasteiger partial charge is 0.397 e. The van der Waals surface area contributed by atoms with Crippen molar-refractivity contribution in [1.82, 2.24) is 10.3 Å². The molecule has 4 N–H and O–H groups in total. The third-order valence-electron chi connectivity index (χ3n) is 2.11. The van der Waals surface area contributed by atoms with Crippen molar-refractivity contribution in [3.8, 4) is 0 Å². The molecule has 17 heavy (non-hydrogen) atoms. The van der Waals surface area contributed by atoms with Crippen molar-refractivity contribution in [3.05, 3.63) is 17.8 Å². The van der Waals surface area contributed by atoms with Gasteiger partial charge in [-0.15, -0.1) is 0 Å². The van der Waals surface area contributed by atoms with Crippen molar-refractivity contribution in [3.63, 3.8) is 0 Å². The molecule has 1 aromatic heterocycles. The number of nitrogen functional groups attached to an aromatic ring is 1. The Balaban J connectivity index is 2.29. The summed E-state index contributed by atoms with van der Waals surface area (Å²) in [6, 6.07) is 1.85. The number of carbonyl (C=O) groups is 1. The summed E-state index contributed by atoms with van der Waals surface area (Å²) in [7, 11) is 1.49. The lowest BCUT2D eigenvalue weighted by atomic mass is 10.2. The average molecular weight is 238 g/mol. The molecule has 0 saturated carbocycles. The Hall–Kier alpha value is -1.82. The van der Waals surface area contributed by atoms with Gasteiger partial charge < -0.3 is 21.1 Å². The van der Waals surface area contributed by atoms with Gasteiger partial charge >= 0.3 is 0 Å². The summed E-state index contributed by atoms with van der Waals surface area (Å²) >= 11 is 0. The van der Waals surface area contributed by atoms with Crippen molar-refractivity contribution < 1.29 is 9.53 Å². The molecular formula is C11H18N4O2. The first-order chi connectivity index (χ1) is 8.13. The maximum Gasteiger partial charge on any atom is 0.246 e. The average Bonchev–Trinajstić information content (AvgIpc) is 2.27. The van der Waals surface area contributed by atoms with Crippen LogP contribution in [0, 0.1) is 6.92 Å². The van der Waals surface area contributed by atoms with Gasteiger partial charge in [-0.3, -0.25) is 4.79 Å². The highest BCUT2D eigenvalue weighted by atomic mass is 16.5. The molecule has 0 unspecified atom stereocenters. The lowest BCUT2D eigenvalue weighted by Gasteiger charge is -2.09. The van der Waals surface area contributed by atoms with Crippen LogP contribution < -0.4 is 16.4 Å². The maximum absolute atomic E-state index is 11.1. The second-order valence-corrected chi connectivity index (χ2v) is 3.64. The van der Waals surface area contributed by atoms with Crippen LogP contribution in [0.2, 0.25) is 0 Å². The number of nitrogens with two attached hydrogens (primary N) is 1.